The highest BCUT2D eigenvalue weighted by atomic mass is 28.3. The number of hydrogen-bond donors (Lipinski definition) is 0. The van der Waals surface area contributed by atoms with E-state index in [9.17, 15) is 0 Å². The van der Waals surface area contributed by atoms with Gasteiger partial charge in [-0.2, -0.15) is 0 Å². The van der Waals surface area contributed by atoms with Gasteiger partial charge in [-0.25, -0.2) is 0 Å². The van der Waals surface area contributed by atoms with Gasteiger partial charge in [0.25, 0.3) is 0 Å². The van der Waals surface area contributed by atoms with Gasteiger partial charge in [-0.3, -0.25) is 0 Å². The van der Waals surface area contributed by atoms with Crippen molar-refractivity contribution < 1.29 is 0 Å². The highest BCUT2D eigenvalue weighted by Gasteiger charge is 2.36. The Morgan fingerprint density at radius 2 is 0.438 bits per heavy atom. The molecule has 0 aromatic heterocycles. The molecule has 0 radical (unpaired) electrons. The zero-order valence-electron chi connectivity index (χ0n) is 34.8. The van der Waals surface area contributed by atoms with Gasteiger partial charge in [0, 0.05) is 26.2 Å². The first kappa shape index (κ1) is 46.4. The molecule has 1 aliphatic heterocycles. The lowest BCUT2D eigenvalue weighted by molar-refractivity contribution is 0.260. The third-order valence-corrected chi connectivity index (χ3v) is 19.7. The molecule has 0 saturated carbocycles. The van der Waals surface area contributed by atoms with Gasteiger partial charge in [-0.05, 0) is 12.1 Å². The third-order valence-electron chi connectivity index (χ3n) is 12.3. The van der Waals surface area contributed by atoms with Crippen LogP contribution in [0.4, 0.5) is 0 Å². The van der Waals surface area contributed by atoms with Crippen LogP contribution in [0, 0.1) is 0 Å². The largest absolute Gasteiger partial charge is 0.321 e. The summed E-state index contributed by atoms with van der Waals surface area (Å²) in [6.45, 7) is 20.7. The average molecular weight is 707 g/mol. The molecule has 0 aliphatic carbocycles. The van der Waals surface area contributed by atoms with E-state index in [1.165, 1.54) is 244 Å². The van der Waals surface area contributed by atoms with E-state index < -0.39 is 16.5 Å². The van der Waals surface area contributed by atoms with Crippen molar-refractivity contribution in [3.05, 3.63) is 0 Å². The summed E-state index contributed by atoms with van der Waals surface area (Å²) in [4.78, 5) is 0. The Hall–Kier alpha value is 0.354. The van der Waals surface area contributed by atoms with Gasteiger partial charge < -0.3 is 9.13 Å². The predicted molar refractivity (Wildman–Crippen MR) is 227 cm³/mol. The summed E-state index contributed by atoms with van der Waals surface area (Å²) in [5, 5.41) is 0. The maximum atomic E-state index is 2.98. The fourth-order valence-electron chi connectivity index (χ4n) is 8.44. The van der Waals surface area contributed by atoms with Crippen molar-refractivity contribution in [3.63, 3.8) is 0 Å². The molecule has 288 valence electrons. The second kappa shape index (κ2) is 32.0. The maximum Gasteiger partial charge on any atom is 0.122 e. The Balaban J connectivity index is 1.96. The molecule has 1 fully saturated rings. The Labute approximate surface area is 308 Å². The molecule has 0 unspecified atom stereocenters. The number of hydrogen-bond acceptors (Lipinski definition) is 2. The van der Waals surface area contributed by atoms with Crippen LogP contribution in [0.5, 0.6) is 0 Å². The Morgan fingerprint density at radius 3 is 0.625 bits per heavy atom. The Kier molecular flexibility index (Phi) is 31.0. The summed E-state index contributed by atoms with van der Waals surface area (Å²) in [5.41, 5.74) is 0. The number of nitrogens with zero attached hydrogens (tertiary/aromatic N) is 2. The zero-order chi connectivity index (χ0) is 35.0. The highest BCUT2D eigenvalue weighted by molar-refractivity contribution is 6.75. The summed E-state index contributed by atoms with van der Waals surface area (Å²) in [5.74, 6) is 0. The minimum absolute atomic E-state index is 1.24. The predicted octanol–water partition coefficient (Wildman–Crippen LogP) is 15.5. The van der Waals surface area contributed by atoms with Gasteiger partial charge in [-0.1, -0.05) is 246 Å². The first-order valence-corrected chi connectivity index (χ1v) is 29.1. The molecule has 0 amide bonds. The SMILES string of the molecule is CCCCCCCCCCCCCCCCCC[Si](C)(C)N1CCN([Si](C)(C)CCCCCCCCCCCCCCCCCC)CC1. The van der Waals surface area contributed by atoms with Gasteiger partial charge in [0.2, 0.25) is 0 Å². The molecule has 0 spiro atoms. The Bertz CT molecular complexity index is 602. The van der Waals surface area contributed by atoms with Gasteiger partial charge >= 0.3 is 0 Å². The molecule has 1 heterocycles. The monoisotopic (exact) mass is 707 g/mol. The van der Waals surface area contributed by atoms with Gasteiger partial charge in [-0.15, -0.1) is 0 Å². The molecule has 2 nitrogen and oxygen atoms in total. The van der Waals surface area contributed by atoms with Crippen molar-refractivity contribution in [2.24, 2.45) is 0 Å². The summed E-state index contributed by atoms with van der Waals surface area (Å²) in [6, 6.07) is 3.04. The van der Waals surface area contributed by atoms with Crippen LogP contribution in [0.3, 0.4) is 0 Å². The number of piperazine rings is 1. The summed E-state index contributed by atoms with van der Waals surface area (Å²) >= 11 is 0. The summed E-state index contributed by atoms with van der Waals surface area (Å²) < 4.78 is 5.96. The van der Waals surface area contributed by atoms with Crippen molar-refractivity contribution in [1.29, 1.82) is 0 Å². The van der Waals surface area contributed by atoms with Gasteiger partial charge in [0.15, 0.2) is 0 Å². The van der Waals surface area contributed by atoms with Crippen LogP contribution in [0.1, 0.15) is 219 Å². The minimum Gasteiger partial charge on any atom is -0.321 e. The zero-order valence-corrected chi connectivity index (χ0v) is 36.8. The molecule has 1 aliphatic rings. The minimum atomic E-state index is -1.24. The van der Waals surface area contributed by atoms with Crippen LogP contribution in [0.2, 0.25) is 38.3 Å². The lowest BCUT2D eigenvalue weighted by Crippen LogP contribution is -2.62. The summed E-state index contributed by atoms with van der Waals surface area (Å²) in [6.07, 6.45) is 47.1. The van der Waals surface area contributed by atoms with E-state index in [1.807, 2.05) is 0 Å². The molecule has 1 saturated heterocycles. The van der Waals surface area contributed by atoms with Crippen molar-refractivity contribution in [2.75, 3.05) is 26.2 Å². The standard InChI is InChI=1S/C44H94N2Si2/c1-7-9-11-13-15-17-19-21-23-25-27-29-31-33-35-37-43-47(3,4)45-39-41-46(42-40-45)48(5,6)44-38-36-34-32-30-28-26-24-22-20-18-16-14-12-10-8-2/h7-44H2,1-6H3. The van der Waals surface area contributed by atoms with Crippen molar-refractivity contribution in [2.45, 2.75) is 258 Å². The molecule has 0 atom stereocenters. The molecular weight excluding hydrogens is 613 g/mol. The van der Waals surface area contributed by atoms with Gasteiger partial charge in [0.1, 0.15) is 16.5 Å². The van der Waals surface area contributed by atoms with Crippen molar-refractivity contribution in [3.8, 4) is 0 Å². The van der Waals surface area contributed by atoms with Crippen molar-refractivity contribution in [1.82, 2.24) is 9.13 Å². The van der Waals surface area contributed by atoms with E-state index in [0.29, 0.717) is 0 Å². The maximum absolute atomic E-state index is 2.98. The fraction of sp³-hybridized carbons (Fsp3) is 1.00. The molecule has 48 heavy (non-hydrogen) atoms. The number of rotatable bonds is 36. The molecule has 0 aromatic rings. The van der Waals surface area contributed by atoms with E-state index in [1.54, 1.807) is 0 Å². The molecular formula is C44H94N2Si2. The highest BCUT2D eigenvalue weighted by Crippen LogP contribution is 2.26. The second-order valence-electron chi connectivity index (χ2n) is 17.7. The fourth-order valence-corrected chi connectivity index (χ4v) is 14.1. The van der Waals surface area contributed by atoms with E-state index in [0.717, 1.165) is 0 Å². The molecule has 0 bridgehead atoms. The topological polar surface area (TPSA) is 6.48 Å². The quantitative estimate of drug-likeness (QED) is 0.0473. The molecule has 0 aromatic carbocycles. The van der Waals surface area contributed by atoms with E-state index >= 15 is 0 Å². The summed E-state index contributed by atoms with van der Waals surface area (Å²) in [7, 11) is -2.48. The van der Waals surface area contributed by atoms with Crippen LogP contribution >= 0.6 is 0 Å². The normalized spacial score (nSPS) is 15.1. The van der Waals surface area contributed by atoms with E-state index in [2.05, 4.69) is 49.2 Å². The van der Waals surface area contributed by atoms with E-state index in [-0.39, 0.29) is 0 Å². The second-order valence-corrected chi connectivity index (χ2v) is 27.2. The van der Waals surface area contributed by atoms with Crippen LogP contribution in [0.25, 0.3) is 0 Å². The van der Waals surface area contributed by atoms with Crippen LogP contribution in [-0.2, 0) is 0 Å². The molecule has 1 rings (SSSR count). The lowest BCUT2D eigenvalue weighted by atomic mass is 10.0. The van der Waals surface area contributed by atoms with E-state index in [4.69, 9.17) is 0 Å². The van der Waals surface area contributed by atoms with Crippen LogP contribution < -0.4 is 0 Å². The molecule has 4 heteroatoms. The average Bonchev–Trinajstić information content (AvgIpc) is 3.08. The van der Waals surface area contributed by atoms with Crippen LogP contribution in [-0.4, -0.2) is 51.8 Å². The third kappa shape index (κ3) is 26.2. The Morgan fingerprint density at radius 1 is 0.271 bits per heavy atom. The lowest BCUT2D eigenvalue weighted by Gasteiger charge is -2.47. The first-order chi connectivity index (χ1) is 23.3. The smallest absolute Gasteiger partial charge is 0.122 e. The molecule has 0 N–H and O–H groups in total. The van der Waals surface area contributed by atoms with Crippen molar-refractivity contribution >= 4 is 16.5 Å². The first-order valence-electron chi connectivity index (χ1n) is 22.8. The van der Waals surface area contributed by atoms with Crippen LogP contribution in [0.15, 0.2) is 0 Å². The van der Waals surface area contributed by atoms with Gasteiger partial charge in [0.05, 0.1) is 0 Å². The number of unbranched alkanes of at least 4 members (excludes halogenated alkanes) is 30.